The van der Waals surface area contributed by atoms with Crippen LogP contribution in [0.15, 0.2) is 12.2 Å². The van der Waals surface area contributed by atoms with Gasteiger partial charge in [0, 0.05) is 12.0 Å². The number of quaternary nitrogens is 1. The number of nitrogens with zero attached hydrogens (tertiary/aromatic N) is 1. The minimum Gasteiger partial charge on any atom is -1.00 e. The monoisotopic (exact) mass is 293 g/mol. The Morgan fingerprint density at radius 2 is 1.88 bits per heavy atom. The van der Waals surface area contributed by atoms with Crippen molar-refractivity contribution in [1.29, 1.82) is 0 Å². The van der Waals surface area contributed by atoms with E-state index in [2.05, 4.69) is 27.6 Å². The van der Waals surface area contributed by atoms with Crippen LogP contribution < -0.4 is 17.0 Å². The molecule has 0 aliphatic rings. The summed E-state index contributed by atoms with van der Waals surface area (Å²) in [5.41, 5.74) is 0.463. The summed E-state index contributed by atoms with van der Waals surface area (Å²) in [7, 11) is 4.17. The van der Waals surface area contributed by atoms with E-state index in [-0.39, 0.29) is 29.2 Å². The van der Waals surface area contributed by atoms with Crippen LogP contribution in [0.4, 0.5) is 0 Å². The zero-order chi connectivity index (χ0) is 12.1. The van der Waals surface area contributed by atoms with Crippen molar-refractivity contribution in [2.24, 2.45) is 0 Å². The molecule has 0 amide bonds. The predicted molar refractivity (Wildman–Crippen MR) is 62.3 cm³/mol. The Morgan fingerprint density at radius 1 is 1.38 bits per heavy atom. The smallest absolute Gasteiger partial charge is 0.337 e. The van der Waals surface area contributed by atoms with E-state index in [0.717, 1.165) is 19.4 Å². The topological polar surface area (TPSA) is 26.3 Å². The lowest BCUT2D eigenvalue weighted by Gasteiger charge is -2.36. The molecule has 1 unspecified atom stereocenters. The molecule has 0 N–H and O–H groups in total. The molecule has 1 atom stereocenters. The number of esters is 1. The first-order chi connectivity index (χ1) is 6.85. The molecule has 16 heavy (non-hydrogen) atoms. The molecule has 4 heteroatoms. The highest BCUT2D eigenvalue weighted by Gasteiger charge is 2.29. The highest BCUT2D eigenvalue weighted by Crippen LogP contribution is 2.14. The van der Waals surface area contributed by atoms with Crippen molar-refractivity contribution in [1.82, 2.24) is 0 Å². The number of hydrogen-bond donors (Lipinski definition) is 0. The Balaban J connectivity index is 0. The van der Waals surface area contributed by atoms with Crippen LogP contribution in [0, 0.1) is 0 Å². The van der Waals surface area contributed by atoms with Crippen molar-refractivity contribution in [3.8, 4) is 0 Å². The fourth-order valence-electron chi connectivity index (χ4n) is 1.66. The molecular weight excluding hydrogens is 270 g/mol. The van der Waals surface area contributed by atoms with Gasteiger partial charge in [0.1, 0.15) is 0 Å². The average Bonchev–Trinajstić information content (AvgIpc) is 2.12. The van der Waals surface area contributed by atoms with Crippen LogP contribution in [-0.4, -0.2) is 37.3 Å². The molecule has 0 heterocycles. The van der Waals surface area contributed by atoms with E-state index in [9.17, 15) is 4.79 Å². The fourth-order valence-corrected chi connectivity index (χ4v) is 1.66. The van der Waals surface area contributed by atoms with Gasteiger partial charge in [-0.3, -0.25) is 4.48 Å². The molecule has 0 bridgehead atoms. The molecule has 96 valence electrons. The van der Waals surface area contributed by atoms with E-state index in [0.29, 0.717) is 10.1 Å². The molecule has 0 aromatic heterocycles. The van der Waals surface area contributed by atoms with E-state index in [1.54, 1.807) is 6.92 Å². The SMILES string of the molecule is C=C(C)C(=O)OC(CC)[N+](C)(C)CCC.[Br-]. The van der Waals surface area contributed by atoms with Crippen LogP contribution in [0.3, 0.4) is 0 Å². The summed E-state index contributed by atoms with van der Waals surface area (Å²) < 4.78 is 6.13. The maximum absolute atomic E-state index is 11.4. The first-order valence-electron chi connectivity index (χ1n) is 5.54. The van der Waals surface area contributed by atoms with Gasteiger partial charge in [-0.2, -0.15) is 0 Å². The summed E-state index contributed by atoms with van der Waals surface area (Å²) in [6.07, 6.45) is 1.83. The third-order valence-electron chi connectivity index (χ3n) is 2.52. The molecule has 0 aliphatic carbocycles. The Morgan fingerprint density at radius 3 is 2.19 bits per heavy atom. The Hall–Kier alpha value is -0.350. The lowest BCUT2D eigenvalue weighted by molar-refractivity contribution is -0.935. The fraction of sp³-hybridized carbons (Fsp3) is 0.750. The molecule has 0 saturated heterocycles. The van der Waals surface area contributed by atoms with Gasteiger partial charge in [-0.05, 0) is 13.3 Å². The number of ether oxygens (including phenoxy) is 1. The van der Waals surface area contributed by atoms with Crippen LogP contribution in [0.25, 0.3) is 0 Å². The molecule has 3 nitrogen and oxygen atoms in total. The van der Waals surface area contributed by atoms with Crippen LogP contribution in [0.5, 0.6) is 0 Å². The third-order valence-corrected chi connectivity index (χ3v) is 2.52. The van der Waals surface area contributed by atoms with Crippen molar-refractivity contribution in [2.75, 3.05) is 20.6 Å². The lowest BCUT2D eigenvalue weighted by atomic mass is 10.3. The van der Waals surface area contributed by atoms with Crippen molar-refractivity contribution in [3.05, 3.63) is 12.2 Å². The highest BCUT2D eigenvalue weighted by molar-refractivity contribution is 5.86. The second kappa shape index (κ2) is 7.85. The summed E-state index contributed by atoms with van der Waals surface area (Å²) in [6.45, 7) is 10.4. The van der Waals surface area contributed by atoms with Crippen LogP contribution >= 0.6 is 0 Å². The van der Waals surface area contributed by atoms with Gasteiger partial charge in [-0.25, -0.2) is 4.79 Å². The van der Waals surface area contributed by atoms with Gasteiger partial charge in [-0.15, -0.1) is 0 Å². The summed E-state index contributed by atoms with van der Waals surface area (Å²) in [5.74, 6) is -0.288. The van der Waals surface area contributed by atoms with E-state index in [4.69, 9.17) is 4.74 Å². The normalized spacial score (nSPS) is 12.6. The summed E-state index contributed by atoms with van der Waals surface area (Å²) >= 11 is 0. The number of hydrogen-bond acceptors (Lipinski definition) is 2. The van der Waals surface area contributed by atoms with Gasteiger partial charge in [0.15, 0.2) is 0 Å². The number of rotatable bonds is 6. The van der Waals surface area contributed by atoms with Gasteiger partial charge >= 0.3 is 5.97 Å². The molecular formula is C12H24BrNO2. The first kappa shape index (κ1) is 18.0. The average molecular weight is 294 g/mol. The van der Waals surface area contributed by atoms with Gasteiger partial charge in [-0.1, -0.05) is 20.4 Å². The summed E-state index contributed by atoms with van der Waals surface area (Å²) in [4.78, 5) is 11.4. The summed E-state index contributed by atoms with van der Waals surface area (Å²) in [6, 6.07) is 0. The van der Waals surface area contributed by atoms with Crippen molar-refractivity contribution < 1.29 is 31.0 Å². The van der Waals surface area contributed by atoms with Crippen LogP contribution in [0.2, 0.25) is 0 Å². The van der Waals surface area contributed by atoms with Gasteiger partial charge in [0.05, 0.1) is 20.6 Å². The standard InChI is InChI=1S/C12H24NO2.BrH/c1-7-9-13(5,6)11(8-2)15-12(14)10(3)4;/h11H,3,7-9H2,1-2,4-6H3;1H/q+1;/p-1. The van der Waals surface area contributed by atoms with E-state index in [1.165, 1.54) is 0 Å². The van der Waals surface area contributed by atoms with E-state index >= 15 is 0 Å². The lowest BCUT2D eigenvalue weighted by Crippen LogP contribution is -3.00. The van der Waals surface area contributed by atoms with Gasteiger partial charge in [0.25, 0.3) is 0 Å². The van der Waals surface area contributed by atoms with Crippen molar-refractivity contribution >= 4 is 5.97 Å². The Bertz CT molecular complexity index is 239. The number of carbonyl (C=O) groups is 1. The van der Waals surface area contributed by atoms with E-state index < -0.39 is 0 Å². The van der Waals surface area contributed by atoms with Crippen molar-refractivity contribution in [2.45, 2.75) is 39.8 Å². The largest absolute Gasteiger partial charge is 1.00 e. The molecule has 0 fully saturated rings. The quantitative estimate of drug-likeness (QED) is 0.281. The predicted octanol–water partition coefficient (Wildman–Crippen LogP) is -0.668. The zero-order valence-corrected chi connectivity index (χ0v) is 12.6. The van der Waals surface area contributed by atoms with Crippen molar-refractivity contribution in [3.63, 3.8) is 0 Å². The summed E-state index contributed by atoms with van der Waals surface area (Å²) in [5, 5.41) is 0. The molecule has 0 aromatic carbocycles. The molecule has 0 rings (SSSR count). The number of halogens is 1. The molecule has 0 spiro atoms. The Labute approximate surface area is 110 Å². The molecule has 0 aromatic rings. The highest BCUT2D eigenvalue weighted by atomic mass is 79.9. The van der Waals surface area contributed by atoms with Gasteiger partial charge in [0.2, 0.25) is 6.23 Å². The minimum absolute atomic E-state index is 0. The maximum Gasteiger partial charge on any atom is 0.337 e. The third kappa shape index (κ3) is 5.66. The maximum atomic E-state index is 11.4. The number of carbonyl (C=O) groups excluding carboxylic acids is 1. The minimum atomic E-state index is -0.288. The first-order valence-corrected chi connectivity index (χ1v) is 5.54. The second-order valence-electron chi connectivity index (χ2n) is 4.55. The van der Waals surface area contributed by atoms with Crippen LogP contribution in [-0.2, 0) is 9.53 Å². The van der Waals surface area contributed by atoms with Gasteiger partial charge < -0.3 is 21.7 Å². The van der Waals surface area contributed by atoms with Crippen LogP contribution in [0.1, 0.15) is 33.6 Å². The molecule has 0 aliphatic heterocycles. The Kier molecular flexibility index (Phi) is 8.84. The van der Waals surface area contributed by atoms with E-state index in [1.807, 2.05) is 6.92 Å². The molecule has 0 radical (unpaired) electrons. The second-order valence-corrected chi connectivity index (χ2v) is 4.55. The molecule has 0 saturated carbocycles. The zero-order valence-electron chi connectivity index (χ0n) is 11.0.